The van der Waals surface area contributed by atoms with Crippen LogP contribution < -0.4 is 5.32 Å². The van der Waals surface area contributed by atoms with Crippen molar-refractivity contribution >= 4 is 0 Å². The van der Waals surface area contributed by atoms with Gasteiger partial charge < -0.3 is 15.5 Å². The molecule has 4 heteroatoms. The first-order valence-corrected chi connectivity index (χ1v) is 6.51. The molecule has 2 aromatic rings. The van der Waals surface area contributed by atoms with Crippen LogP contribution in [0.2, 0.25) is 0 Å². The molecule has 0 heterocycles. The molecule has 0 aliphatic heterocycles. The maximum atomic E-state index is 13.7. The molecule has 0 aromatic heterocycles. The molecule has 2 unspecified atom stereocenters. The summed E-state index contributed by atoms with van der Waals surface area (Å²) in [5.41, 5.74) is 1.15. The van der Waals surface area contributed by atoms with Gasteiger partial charge in [-0.15, -0.1) is 0 Å². The number of aromatic hydroxyl groups is 2. The van der Waals surface area contributed by atoms with Crippen molar-refractivity contribution in [3.05, 3.63) is 59.4 Å². The van der Waals surface area contributed by atoms with Crippen molar-refractivity contribution in [1.29, 1.82) is 0 Å². The number of hydrogen-bond acceptors (Lipinski definition) is 3. The fraction of sp³-hybridized carbons (Fsp3) is 0.250. The molecule has 0 radical (unpaired) electrons. The SMILES string of the molecule is CC(NC(C)c1ccccc1F)c1cc(O)ccc1O. The van der Waals surface area contributed by atoms with E-state index in [1.165, 1.54) is 24.3 Å². The maximum absolute atomic E-state index is 13.7. The number of benzene rings is 2. The Morgan fingerprint density at radius 1 is 0.950 bits per heavy atom. The molecule has 0 amide bonds. The van der Waals surface area contributed by atoms with Gasteiger partial charge in [-0.1, -0.05) is 18.2 Å². The monoisotopic (exact) mass is 275 g/mol. The molecule has 0 spiro atoms. The van der Waals surface area contributed by atoms with Crippen LogP contribution in [0.3, 0.4) is 0 Å². The van der Waals surface area contributed by atoms with E-state index in [1.54, 1.807) is 18.2 Å². The van der Waals surface area contributed by atoms with Crippen LogP contribution in [0.4, 0.5) is 4.39 Å². The predicted molar refractivity (Wildman–Crippen MR) is 76.1 cm³/mol. The molecule has 106 valence electrons. The van der Waals surface area contributed by atoms with E-state index < -0.39 is 0 Å². The van der Waals surface area contributed by atoms with Crippen LogP contribution in [0, 0.1) is 5.82 Å². The van der Waals surface area contributed by atoms with Gasteiger partial charge in [-0.25, -0.2) is 4.39 Å². The van der Waals surface area contributed by atoms with Crippen molar-refractivity contribution in [2.45, 2.75) is 25.9 Å². The van der Waals surface area contributed by atoms with E-state index in [-0.39, 0.29) is 29.4 Å². The number of hydrogen-bond donors (Lipinski definition) is 3. The number of phenolic OH excluding ortho intramolecular Hbond substituents is 2. The summed E-state index contributed by atoms with van der Waals surface area (Å²) < 4.78 is 13.7. The Kier molecular flexibility index (Phi) is 4.25. The molecule has 0 aliphatic rings. The van der Waals surface area contributed by atoms with Gasteiger partial charge in [0.05, 0.1) is 0 Å². The summed E-state index contributed by atoms with van der Waals surface area (Å²) in [7, 11) is 0. The van der Waals surface area contributed by atoms with Crippen molar-refractivity contribution in [1.82, 2.24) is 5.32 Å². The lowest BCUT2D eigenvalue weighted by atomic mass is 10.0. The summed E-state index contributed by atoms with van der Waals surface area (Å²) in [6.07, 6.45) is 0. The van der Waals surface area contributed by atoms with Crippen LogP contribution in [-0.2, 0) is 0 Å². The Hall–Kier alpha value is -2.07. The molecule has 2 aromatic carbocycles. The average molecular weight is 275 g/mol. The van der Waals surface area contributed by atoms with E-state index in [4.69, 9.17) is 0 Å². The van der Waals surface area contributed by atoms with Crippen molar-refractivity contribution in [3.8, 4) is 11.5 Å². The minimum Gasteiger partial charge on any atom is -0.508 e. The van der Waals surface area contributed by atoms with Crippen molar-refractivity contribution in [2.75, 3.05) is 0 Å². The van der Waals surface area contributed by atoms with E-state index in [1.807, 2.05) is 13.8 Å². The zero-order chi connectivity index (χ0) is 14.7. The van der Waals surface area contributed by atoms with E-state index >= 15 is 0 Å². The highest BCUT2D eigenvalue weighted by Gasteiger charge is 2.16. The highest BCUT2D eigenvalue weighted by atomic mass is 19.1. The van der Waals surface area contributed by atoms with Gasteiger partial charge in [-0.3, -0.25) is 0 Å². The van der Waals surface area contributed by atoms with Crippen LogP contribution >= 0.6 is 0 Å². The average Bonchev–Trinajstić information content (AvgIpc) is 2.41. The Bertz CT molecular complexity index is 601. The molecule has 0 saturated carbocycles. The number of rotatable bonds is 4. The Morgan fingerprint density at radius 2 is 1.60 bits per heavy atom. The van der Waals surface area contributed by atoms with Crippen molar-refractivity contribution < 1.29 is 14.6 Å². The van der Waals surface area contributed by atoms with Crippen molar-refractivity contribution in [2.24, 2.45) is 0 Å². The van der Waals surface area contributed by atoms with Gasteiger partial charge in [0, 0.05) is 23.2 Å². The van der Waals surface area contributed by atoms with Gasteiger partial charge in [0.25, 0.3) is 0 Å². The molecule has 0 bridgehead atoms. The standard InChI is InChI=1S/C16H18FNO2/c1-10(13-5-3-4-6-15(13)17)18-11(2)14-9-12(19)7-8-16(14)20/h3-11,18-20H,1-2H3. The zero-order valence-corrected chi connectivity index (χ0v) is 11.5. The smallest absolute Gasteiger partial charge is 0.127 e. The van der Waals surface area contributed by atoms with E-state index in [0.29, 0.717) is 11.1 Å². The fourth-order valence-electron chi connectivity index (χ4n) is 2.27. The zero-order valence-electron chi connectivity index (χ0n) is 11.5. The largest absolute Gasteiger partial charge is 0.508 e. The Balaban J connectivity index is 2.17. The summed E-state index contributed by atoms with van der Waals surface area (Å²) in [6.45, 7) is 3.71. The second kappa shape index (κ2) is 5.92. The number of nitrogens with one attached hydrogen (secondary N) is 1. The highest BCUT2D eigenvalue weighted by Crippen LogP contribution is 2.29. The molecule has 0 fully saturated rings. The number of phenols is 2. The summed E-state index contributed by atoms with van der Waals surface area (Å²) in [5.74, 6) is -0.0756. The molecular formula is C16H18FNO2. The second-order valence-corrected chi connectivity index (χ2v) is 4.87. The van der Waals surface area contributed by atoms with E-state index in [2.05, 4.69) is 5.32 Å². The third-order valence-electron chi connectivity index (χ3n) is 3.35. The first kappa shape index (κ1) is 14.3. The van der Waals surface area contributed by atoms with Crippen LogP contribution in [0.5, 0.6) is 11.5 Å². The lowest BCUT2D eigenvalue weighted by Gasteiger charge is -2.22. The van der Waals surface area contributed by atoms with Gasteiger partial charge in [0.1, 0.15) is 17.3 Å². The van der Waals surface area contributed by atoms with E-state index in [9.17, 15) is 14.6 Å². The quantitative estimate of drug-likeness (QED) is 0.747. The third kappa shape index (κ3) is 3.08. The van der Waals surface area contributed by atoms with Gasteiger partial charge in [-0.05, 0) is 38.1 Å². The Labute approximate surface area is 117 Å². The lowest BCUT2D eigenvalue weighted by Crippen LogP contribution is -2.23. The van der Waals surface area contributed by atoms with Gasteiger partial charge in [0.15, 0.2) is 0 Å². The first-order valence-electron chi connectivity index (χ1n) is 6.51. The summed E-state index contributed by atoms with van der Waals surface area (Å²) >= 11 is 0. The molecule has 3 nitrogen and oxygen atoms in total. The molecule has 2 atom stereocenters. The maximum Gasteiger partial charge on any atom is 0.127 e. The summed E-state index contributed by atoms with van der Waals surface area (Å²) in [6, 6.07) is 10.5. The van der Waals surface area contributed by atoms with Crippen LogP contribution in [-0.4, -0.2) is 10.2 Å². The molecule has 20 heavy (non-hydrogen) atoms. The van der Waals surface area contributed by atoms with Gasteiger partial charge in [-0.2, -0.15) is 0 Å². The topological polar surface area (TPSA) is 52.5 Å². The molecule has 0 aliphatic carbocycles. The summed E-state index contributed by atoms with van der Waals surface area (Å²) in [5, 5.41) is 22.5. The minimum absolute atomic E-state index is 0.0880. The van der Waals surface area contributed by atoms with Crippen LogP contribution in [0.15, 0.2) is 42.5 Å². The molecule has 2 rings (SSSR count). The molecular weight excluding hydrogens is 257 g/mol. The van der Waals surface area contributed by atoms with Crippen LogP contribution in [0.1, 0.15) is 37.1 Å². The minimum atomic E-state index is -0.264. The predicted octanol–water partition coefficient (Wildman–Crippen LogP) is 3.65. The highest BCUT2D eigenvalue weighted by molar-refractivity contribution is 5.40. The third-order valence-corrected chi connectivity index (χ3v) is 3.35. The molecule has 3 N–H and O–H groups in total. The lowest BCUT2D eigenvalue weighted by molar-refractivity contribution is 0.425. The molecule has 0 saturated heterocycles. The Morgan fingerprint density at radius 3 is 2.30 bits per heavy atom. The second-order valence-electron chi connectivity index (χ2n) is 4.87. The van der Waals surface area contributed by atoms with Crippen LogP contribution in [0.25, 0.3) is 0 Å². The van der Waals surface area contributed by atoms with Crippen molar-refractivity contribution in [3.63, 3.8) is 0 Å². The normalized spacial score (nSPS) is 13.9. The fourth-order valence-corrected chi connectivity index (χ4v) is 2.27. The van der Waals surface area contributed by atoms with Gasteiger partial charge >= 0.3 is 0 Å². The first-order chi connectivity index (χ1) is 9.49. The van der Waals surface area contributed by atoms with E-state index in [0.717, 1.165) is 0 Å². The number of halogens is 1. The summed E-state index contributed by atoms with van der Waals surface area (Å²) in [4.78, 5) is 0. The van der Waals surface area contributed by atoms with Gasteiger partial charge in [0.2, 0.25) is 0 Å².